The van der Waals surface area contributed by atoms with Gasteiger partial charge in [0, 0.05) is 37.4 Å². The first-order chi connectivity index (χ1) is 11.7. The van der Waals surface area contributed by atoms with Crippen molar-refractivity contribution in [3.63, 3.8) is 0 Å². The molecule has 6 nitrogen and oxygen atoms in total. The molecule has 3 heterocycles. The minimum absolute atomic E-state index is 0.0254. The first kappa shape index (κ1) is 15.2. The Balaban J connectivity index is 1.44. The number of carbonyl (C=O) groups is 1. The van der Waals surface area contributed by atoms with Crippen LogP contribution in [0.3, 0.4) is 0 Å². The SMILES string of the molecule is CCCN1CC(c2nc(CC3COc4ccccc43)no2)CC1=O. The topological polar surface area (TPSA) is 68.5 Å². The average Bonchev–Trinajstić information content (AvgIpc) is 3.29. The number of carbonyl (C=O) groups excluding carboxylic acids is 1. The monoisotopic (exact) mass is 327 g/mol. The highest BCUT2D eigenvalue weighted by molar-refractivity contribution is 5.79. The molecule has 2 atom stereocenters. The van der Waals surface area contributed by atoms with Gasteiger partial charge >= 0.3 is 0 Å². The predicted octanol–water partition coefficient (Wildman–Crippen LogP) is 2.51. The van der Waals surface area contributed by atoms with Crippen molar-refractivity contribution >= 4 is 5.91 Å². The fraction of sp³-hybridized carbons (Fsp3) is 0.500. The zero-order chi connectivity index (χ0) is 16.5. The third kappa shape index (κ3) is 2.77. The summed E-state index contributed by atoms with van der Waals surface area (Å²) in [4.78, 5) is 18.4. The number of hydrogen-bond acceptors (Lipinski definition) is 5. The van der Waals surface area contributed by atoms with Gasteiger partial charge in [-0.1, -0.05) is 30.3 Å². The van der Waals surface area contributed by atoms with Crippen LogP contribution in [0.1, 0.15) is 48.9 Å². The lowest BCUT2D eigenvalue weighted by molar-refractivity contribution is -0.127. The summed E-state index contributed by atoms with van der Waals surface area (Å²) in [5.74, 6) is 2.69. The van der Waals surface area contributed by atoms with Crippen molar-refractivity contribution in [3.05, 3.63) is 41.5 Å². The van der Waals surface area contributed by atoms with E-state index in [4.69, 9.17) is 9.26 Å². The number of para-hydroxylation sites is 1. The molecule has 126 valence electrons. The highest BCUT2D eigenvalue weighted by Gasteiger charge is 2.34. The van der Waals surface area contributed by atoms with Gasteiger partial charge in [0.2, 0.25) is 11.8 Å². The Morgan fingerprint density at radius 2 is 2.21 bits per heavy atom. The highest BCUT2D eigenvalue weighted by Crippen LogP contribution is 2.35. The molecule has 0 radical (unpaired) electrons. The van der Waals surface area contributed by atoms with Gasteiger partial charge in [-0.25, -0.2) is 0 Å². The second-order valence-electron chi connectivity index (χ2n) is 6.54. The van der Waals surface area contributed by atoms with Crippen molar-refractivity contribution in [1.29, 1.82) is 0 Å². The minimum Gasteiger partial charge on any atom is -0.493 e. The van der Waals surface area contributed by atoms with Crippen LogP contribution < -0.4 is 4.74 Å². The molecular weight excluding hydrogens is 306 g/mol. The largest absolute Gasteiger partial charge is 0.493 e. The zero-order valence-corrected chi connectivity index (χ0v) is 13.8. The summed E-state index contributed by atoms with van der Waals surface area (Å²) in [6.07, 6.45) is 2.13. The van der Waals surface area contributed by atoms with Crippen LogP contribution in [0.2, 0.25) is 0 Å². The number of ether oxygens (including phenoxy) is 1. The van der Waals surface area contributed by atoms with Crippen LogP contribution in [0.5, 0.6) is 5.75 Å². The van der Waals surface area contributed by atoms with Gasteiger partial charge in [-0.15, -0.1) is 0 Å². The van der Waals surface area contributed by atoms with Crippen LogP contribution in [0.15, 0.2) is 28.8 Å². The normalized spacial score (nSPS) is 22.7. The molecule has 0 aliphatic carbocycles. The van der Waals surface area contributed by atoms with Crippen molar-refractivity contribution in [2.45, 2.75) is 38.0 Å². The van der Waals surface area contributed by atoms with Gasteiger partial charge in [-0.3, -0.25) is 4.79 Å². The lowest BCUT2D eigenvalue weighted by Gasteiger charge is -2.13. The number of benzene rings is 1. The molecule has 0 spiro atoms. The maximum atomic E-state index is 12.0. The minimum atomic E-state index is 0.0254. The Hall–Kier alpha value is -2.37. The van der Waals surface area contributed by atoms with Gasteiger partial charge in [-0.2, -0.15) is 4.98 Å². The van der Waals surface area contributed by atoms with Crippen LogP contribution in [0.4, 0.5) is 0 Å². The molecule has 1 aromatic heterocycles. The Kier molecular flexibility index (Phi) is 3.96. The van der Waals surface area contributed by atoms with E-state index in [1.54, 1.807) is 0 Å². The number of nitrogens with zero attached hydrogens (tertiary/aromatic N) is 3. The number of likely N-dealkylation sites (tertiary alicyclic amines) is 1. The van der Waals surface area contributed by atoms with Crippen molar-refractivity contribution in [1.82, 2.24) is 15.0 Å². The summed E-state index contributed by atoms with van der Waals surface area (Å²) in [6.45, 7) is 4.21. The van der Waals surface area contributed by atoms with E-state index in [0.29, 0.717) is 37.7 Å². The van der Waals surface area contributed by atoms with E-state index in [-0.39, 0.29) is 17.7 Å². The third-order valence-electron chi connectivity index (χ3n) is 4.77. The van der Waals surface area contributed by atoms with Gasteiger partial charge in [0.25, 0.3) is 0 Å². The van der Waals surface area contributed by atoms with E-state index < -0.39 is 0 Å². The van der Waals surface area contributed by atoms with Crippen LogP contribution in [-0.2, 0) is 11.2 Å². The summed E-state index contributed by atoms with van der Waals surface area (Å²) < 4.78 is 11.1. The standard InChI is InChI=1S/C18H21N3O3/c1-2-7-21-10-12(9-17(21)22)18-19-16(20-24-18)8-13-11-23-15-6-4-3-5-14(13)15/h3-6,12-13H,2,7-11H2,1H3. The fourth-order valence-corrected chi connectivity index (χ4v) is 3.56. The molecule has 0 saturated carbocycles. The van der Waals surface area contributed by atoms with Gasteiger partial charge < -0.3 is 14.2 Å². The maximum absolute atomic E-state index is 12.0. The molecule has 0 N–H and O–H groups in total. The molecule has 1 aromatic carbocycles. The van der Waals surface area contributed by atoms with Crippen LogP contribution in [0, 0.1) is 0 Å². The molecule has 2 aliphatic heterocycles. The summed E-state index contributed by atoms with van der Waals surface area (Å²) in [5.41, 5.74) is 1.20. The van der Waals surface area contributed by atoms with Gasteiger partial charge in [0.15, 0.2) is 5.82 Å². The van der Waals surface area contributed by atoms with Crippen molar-refractivity contribution in [2.75, 3.05) is 19.7 Å². The summed E-state index contributed by atoms with van der Waals surface area (Å²) in [5, 5.41) is 4.12. The molecular formula is C18H21N3O3. The fourth-order valence-electron chi connectivity index (χ4n) is 3.56. The van der Waals surface area contributed by atoms with E-state index in [9.17, 15) is 4.79 Å². The van der Waals surface area contributed by atoms with E-state index in [1.165, 1.54) is 5.56 Å². The lowest BCUT2D eigenvalue weighted by Crippen LogP contribution is -2.25. The molecule has 24 heavy (non-hydrogen) atoms. The number of amides is 1. The molecule has 0 bridgehead atoms. The quantitative estimate of drug-likeness (QED) is 0.844. The third-order valence-corrected chi connectivity index (χ3v) is 4.77. The molecule has 1 saturated heterocycles. The number of hydrogen-bond donors (Lipinski definition) is 0. The zero-order valence-electron chi connectivity index (χ0n) is 13.8. The van der Waals surface area contributed by atoms with E-state index >= 15 is 0 Å². The summed E-state index contributed by atoms with van der Waals surface area (Å²) >= 11 is 0. The molecule has 2 aliphatic rings. The first-order valence-electron chi connectivity index (χ1n) is 8.56. The smallest absolute Gasteiger partial charge is 0.232 e. The van der Waals surface area contributed by atoms with E-state index in [0.717, 1.165) is 18.7 Å². The van der Waals surface area contributed by atoms with Crippen LogP contribution >= 0.6 is 0 Å². The summed E-state index contributed by atoms with van der Waals surface area (Å²) in [7, 11) is 0. The van der Waals surface area contributed by atoms with Crippen molar-refractivity contribution in [2.24, 2.45) is 0 Å². The molecule has 1 fully saturated rings. The maximum Gasteiger partial charge on any atom is 0.232 e. The molecule has 2 unspecified atom stereocenters. The average molecular weight is 327 g/mol. The van der Waals surface area contributed by atoms with E-state index in [2.05, 4.69) is 23.1 Å². The Morgan fingerprint density at radius 3 is 3.08 bits per heavy atom. The molecule has 6 heteroatoms. The molecule has 4 rings (SSSR count). The predicted molar refractivity (Wildman–Crippen MR) is 86.9 cm³/mol. The first-order valence-corrected chi connectivity index (χ1v) is 8.56. The summed E-state index contributed by atoms with van der Waals surface area (Å²) in [6, 6.07) is 8.08. The molecule has 1 amide bonds. The van der Waals surface area contributed by atoms with Gasteiger partial charge in [0.05, 0.1) is 12.5 Å². The Labute approximate surface area is 140 Å². The highest BCUT2D eigenvalue weighted by atomic mass is 16.5. The van der Waals surface area contributed by atoms with Gasteiger partial charge in [0.1, 0.15) is 5.75 Å². The van der Waals surface area contributed by atoms with Gasteiger partial charge in [-0.05, 0) is 12.5 Å². The Bertz CT molecular complexity index is 743. The lowest BCUT2D eigenvalue weighted by atomic mass is 9.98. The molecule has 2 aromatic rings. The second kappa shape index (κ2) is 6.26. The van der Waals surface area contributed by atoms with Crippen LogP contribution in [-0.4, -0.2) is 40.6 Å². The number of fused-ring (bicyclic) bond motifs is 1. The number of rotatable bonds is 5. The van der Waals surface area contributed by atoms with Crippen LogP contribution in [0.25, 0.3) is 0 Å². The number of aromatic nitrogens is 2. The Morgan fingerprint density at radius 1 is 1.33 bits per heavy atom. The second-order valence-corrected chi connectivity index (χ2v) is 6.54. The van der Waals surface area contributed by atoms with Crippen molar-refractivity contribution < 1.29 is 14.1 Å². The van der Waals surface area contributed by atoms with E-state index in [1.807, 2.05) is 23.1 Å². The van der Waals surface area contributed by atoms with Crippen molar-refractivity contribution in [3.8, 4) is 5.75 Å².